The van der Waals surface area contributed by atoms with E-state index in [1.807, 2.05) is 25.1 Å². The Morgan fingerprint density at radius 1 is 1.37 bits per heavy atom. The van der Waals surface area contributed by atoms with Gasteiger partial charge in [0.2, 0.25) is 5.95 Å². The number of para-hydroxylation sites is 1. The summed E-state index contributed by atoms with van der Waals surface area (Å²) in [6, 6.07) is 10.4. The second-order valence-corrected chi connectivity index (χ2v) is 7.66. The maximum Gasteiger partial charge on any atom is 0.293 e. The van der Waals surface area contributed by atoms with Gasteiger partial charge in [-0.2, -0.15) is 0 Å². The summed E-state index contributed by atoms with van der Waals surface area (Å²) in [6.07, 6.45) is 3.19. The fourth-order valence-corrected chi connectivity index (χ4v) is 3.65. The number of H-pyrrole nitrogens is 1. The molecular weight excluding hydrogens is 409 g/mol. The molecule has 0 saturated carbocycles. The van der Waals surface area contributed by atoms with E-state index in [1.54, 1.807) is 30.0 Å². The highest BCUT2D eigenvalue weighted by Gasteiger charge is 2.29. The van der Waals surface area contributed by atoms with Gasteiger partial charge in [-0.3, -0.25) is 9.98 Å². The molecule has 2 aromatic heterocycles. The van der Waals surface area contributed by atoms with Crippen molar-refractivity contribution in [2.24, 2.45) is 0 Å². The van der Waals surface area contributed by atoms with Crippen LogP contribution in [0.4, 0.5) is 10.3 Å². The van der Waals surface area contributed by atoms with Crippen LogP contribution < -0.4 is 11.0 Å². The molecule has 1 unspecified atom stereocenters. The molecule has 2 heterocycles. The summed E-state index contributed by atoms with van der Waals surface area (Å²) in [5, 5.41) is 11.2. The van der Waals surface area contributed by atoms with Gasteiger partial charge in [-0.05, 0) is 36.2 Å². The molecule has 9 heteroatoms. The van der Waals surface area contributed by atoms with Crippen molar-refractivity contribution >= 4 is 28.6 Å². The van der Waals surface area contributed by atoms with Crippen LogP contribution in [0.5, 0.6) is 0 Å². The van der Waals surface area contributed by atoms with Crippen LogP contribution in [0.1, 0.15) is 18.1 Å². The number of aromatic nitrogens is 3. The molecule has 4 rings (SSSR count). The summed E-state index contributed by atoms with van der Waals surface area (Å²) in [5.41, 5.74) is 2.71. The van der Waals surface area contributed by atoms with Crippen LogP contribution in [0, 0.1) is 11.2 Å². The lowest BCUT2D eigenvalue weighted by molar-refractivity contribution is 0.150. The van der Waals surface area contributed by atoms with Gasteiger partial charge >= 0.3 is 0 Å². The third kappa shape index (κ3) is 3.83. The number of fused-ring (bicyclic) bond motifs is 1. The van der Waals surface area contributed by atoms with E-state index in [2.05, 4.69) is 10.3 Å². The van der Waals surface area contributed by atoms with Gasteiger partial charge in [0.1, 0.15) is 12.1 Å². The number of benzene rings is 2. The molecule has 0 amide bonds. The Hall–Kier alpha value is -3.10. The monoisotopic (exact) mass is 429 g/mol. The SMILES string of the molecule is COCC(C)(Nc1nc2c(Cn3ccoc3=N)cccc2[nH]1)c1ccc(F)c(Cl)c1. The van der Waals surface area contributed by atoms with Crippen LogP contribution in [-0.4, -0.2) is 28.3 Å². The number of anilines is 1. The highest BCUT2D eigenvalue weighted by atomic mass is 35.5. The Morgan fingerprint density at radius 3 is 2.90 bits per heavy atom. The van der Waals surface area contributed by atoms with Crippen LogP contribution in [0.3, 0.4) is 0 Å². The van der Waals surface area contributed by atoms with E-state index in [-0.39, 0.29) is 10.7 Å². The molecule has 1 atom stereocenters. The maximum absolute atomic E-state index is 13.6. The normalized spacial score (nSPS) is 13.5. The van der Waals surface area contributed by atoms with Crippen LogP contribution >= 0.6 is 11.6 Å². The number of rotatable bonds is 7. The van der Waals surface area contributed by atoms with Gasteiger partial charge in [0, 0.05) is 13.3 Å². The predicted molar refractivity (Wildman–Crippen MR) is 112 cm³/mol. The Bertz CT molecular complexity index is 1250. The number of ether oxygens (including phenoxy) is 1. The van der Waals surface area contributed by atoms with Crippen LogP contribution in [0.25, 0.3) is 11.0 Å². The number of nitrogens with zero attached hydrogens (tertiary/aromatic N) is 2. The molecule has 156 valence electrons. The van der Waals surface area contributed by atoms with Crippen molar-refractivity contribution in [1.82, 2.24) is 14.5 Å². The van der Waals surface area contributed by atoms with Crippen molar-refractivity contribution < 1.29 is 13.5 Å². The van der Waals surface area contributed by atoms with Crippen molar-refractivity contribution in [2.75, 3.05) is 19.0 Å². The first-order valence-corrected chi connectivity index (χ1v) is 9.66. The summed E-state index contributed by atoms with van der Waals surface area (Å²) in [7, 11) is 1.60. The van der Waals surface area contributed by atoms with Crippen LogP contribution in [0.15, 0.2) is 53.3 Å². The van der Waals surface area contributed by atoms with Gasteiger partial charge in [0.25, 0.3) is 5.68 Å². The Balaban J connectivity index is 1.69. The lowest BCUT2D eigenvalue weighted by Crippen LogP contribution is -2.37. The quantitative estimate of drug-likeness (QED) is 0.409. The van der Waals surface area contributed by atoms with E-state index < -0.39 is 11.4 Å². The van der Waals surface area contributed by atoms with Crippen molar-refractivity contribution in [2.45, 2.75) is 19.0 Å². The minimum atomic E-state index is -0.701. The minimum absolute atomic E-state index is 0.0480. The van der Waals surface area contributed by atoms with E-state index in [9.17, 15) is 4.39 Å². The lowest BCUT2D eigenvalue weighted by Gasteiger charge is -2.30. The first-order valence-electron chi connectivity index (χ1n) is 9.28. The summed E-state index contributed by atoms with van der Waals surface area (Å²) in [5.74, 6) is 0.0693. The fourth-order valence-electron chi connectivity index (χ4n) is 3.47. The zero-order chi connectivity index (χ0) is 21.3. The molecule has 0 fully saturated rings. The number of nitrogens with one attached hydrogen (secondary N) is 3. The van der Waals surface area contributed by atoms with Crippen molar-refractivity contribution in [3.8, 4) is 0 Å². The smallest absolute Gasteiger partial charge is 0.293 e. The molecule has 0 saturated heterocycles. The van der Waals surface area contributed by atoms with Gasteiger partial charge in [-0.25, -0.2) is 9.37 Å². The molecule has 0 aliphatic carbocycles. The number of halogens is 2. The van der Waals surface area contributed by atoms with Crippen LogP contribution in [0.2, 0.25) is 5.02 Å². The Labute approximate surface area is 177 Å². The highest BCUT2D eigenvalue weighted by molar-refractivity contribution is 6.30. The minimum Gasteiger partial charge on any atom is -0.432 e. The van der Waals surface area contributed by atoms with E-state index in [0.29, 0.717) is 19.1 Å². The van der Waals surface area contributed by atoms with Gasteiger partial charge in [-0.1, -0.05) is 29.8 Å². The van der Waals surface area contributed by atoms with E-state index in [4.69, 9.17) is 31.1 Å². The maximum atomic E-state index is 13.6. The number of oxazole rings is 1. The molecule has 7 nitrogen and oxygen atoms in total. The molecule has 0 aliphatic rings. The lowest BCUT2D eigenvalue weighted by atomic mass is 9.93. The number of methoxy groups -OCH3 is 1. The third-order valence-electron chi connectivity index (χ3n) is 5.00. The average Bonchev–Trinajstić information content (AvgIpc) is 3.30. The van der Waals surface area contributed by atoms with E-state index >= 15 is 0 Å². The predicted octanol–water partition coefficient (Wildman–Crippen LogP) is 4.25. The first-order chi connectivity index (χ1) is 14.4. The van der Waals surface area contributed by atoms with Gasteiger partial charge in [0.05, 0.1) is 34.7 Å². The number of hydrogen-bond donors (Lipinski definition) is 3. The first kappa shape index (κ1) is 20.2. The molecule has 3 N–H and O–H groups in total. The van der Waals surface area contributed by atoms with Gasteiger partial charge in [-0.15, -0.1) is 0 Å². The molecule has 0 spiro atoms. The van der Waals surface area contributed by atoms with E-state index in [0.717, 1.165) is 22.2 Å². The fraction of sp³-hybridized carbons (Fsp3) is 0.238. The molecule has 2 aromatic carbocycles. The van der Waals surface area contributed by atoms with Crippen molar-refractivity contribution in [3.05, 3.63) is 76.5 Å². The molecule has 0 bridgehead atoms. The van der Waals surface area contributed by atoms with Gasteiger partial charge in [0.15, 0.2) is 0 Å². The number of imidazole rings is 1. The van der Waals surface area contributed by atoms with Crippen molar-refractivity contribution in [1.29, 1.82) is 5.41 Å². The van der Waals surface area contributed by atoms with Gasteiger partial charge < -0.3 is 19.5 Å². The average molecular weight is 430 g/mol. The zero-order valence-electron chi connectivity index (χ0n) is 16.5. The summed E-state index contributed by atoms with van der Waals surface area (Å²) >= 11 is 6.00. The third-order valence-corrected chi connectivity index (χ3v) is 5.29. The summed E-state index contributed by atoms with van der Waals surface area (Å²) in [6.45, 7) is 2.70. The van der Waals surface area contributed by atoms with Crippen molar-refractivity contribution in [3.63, 3.8) is 0 Å². The topological polar surface area (TPSA) is 91.9 Å². The van der Waals surface area contributed by atoms with Crippen LogP contribution in [-0.2, 0) is 16.8 Å². The van der Waals surface area contributed by atoms with E-state index in [1.165, 1.54) is 12.3 Å². The Kier molecular flexibility index (Phi) is 5.36. The number of aromatic amines is 1. The highest BCUT2D eigenvalue weighted by Crippen LogP contribution is 2.30. The summed E-state index contributed by atoms with van der Waals surface area (Å²) in [4.78, 5) is 8.00. The number of hydrogen-bond acceptors (Lipinski definition) is 5. The second kappa shape index (κ2) is 7.97. The molecule has 4 aromatic rings. The zero-order valence-corrected chi connectivity index (χ0v) is 17.3. The molecular formula is C21H21ClFN5O2. The summed E-state index contributed by atoms with van der Waals surface area (Å²) < 4.78 is 25.8. The molecule has 30 heavy (non-hydrogen) atoms. The second-order valence-electron chi connectivity index (χ2n) is 7.25. The largest absolute Gasteiger partial charge is 0.432 e. The Morgan fingerprint density at radius 2 is 2.20 bits per heavy atom. The molecule has 0 aliphatic heterocycles. The standard InChI is InChI=1S/C21H21ClFN5O2/c1-21(12-29-2,14-6-7-16(23)15(22)10-14)27-20-25-17-5-3-4-13(18(17)26-20)11-28-8-9-30-19(28)24/h3-10,24H,11-12H2,1-2H3,(H2,25,26,27). The molecule has 0 radical (unpaired) electrons.